The second kappa shape index (κ2) is 9.58. The lowest BCUT2D eigenvalue weighted by Gasteiger charge is -2.21. The van der Waals surface area contributed by atoms with Crippen molar-refractivity contribution in [2.24, 2.45) is 0 Å². The molecule has 1 fully saturated rings. The van der Waals surface area contributed by atoms with Crippen molar-refractivity contribution in [3.05, 3.63) is 83.4 Å². The molecule has 3 amide bonds. The number of carbonyl (C=O) groups is 3. The van der Waals surface area contributed by atoms with Gasteiger partial charge in [0, 0.05) is 12.1 Å². The molecular formula is C27H25N3O3. The molecule has 0 spiro atoms. The fourth-order valence-corrected chi connectivity index (χ4v) is 3.96. The summed E-state index contributed by atoms with van der Waals surface area (Å²) in [4.78, 5) is 37.2. The molecule has 6 heteroatoms. The van der Waals surface area contributed by atoms with Crippen molar-refractivity contribution in [3.63, 3.8) is 0 Å². The Balaban J connectivity index is 1.48. The Bertz CT molecular complexity index is 1280. The van der Waals surface area contributed by atoms with Gasteiger partial charge in [0.25, 0.3) is 5.91 Å². The number of benzene rings is 3. The van der Waals surface area contributed by atoms with Gasteiger partial charge in [-0.05, 0) is 47.7 Å². The zero-order chi connectivity index (χ0) is 23.3. The first-order chi connectivity index (χ1) is 16.0. The highest BCUT2D eigenvalue weighted by Crippen LogP contribution is 2.48. The standard InChI is InChI=1S/C27H25N3O3/c1-2-3-17-28-25(32)26(33)29-18-20-10-5-7-13-22(20)24(31)30-27(15-16-27)23-14-8-11-19-9-4-6-12-21(19)23/h4-14H,15-18H2,1H3,(H,28,32)(H,29,33)(H,30,31). The highest BCUT2D eigenvalue weighted by molar-refractivity contribution is 6.35. The van der Waals surface area contributed by atoms with Crippen molar-refractivity contribution in [2.75, 3.05) is 6.54 Å². The minimum Gasteiger partial charge on any atom is -0.344 e. The maximum absolute atomic E-state index is 13.3. The van der Waals surface area contributed by atoms with Crippen LogP contribution in [0.4, 0.5) is 0 Å². The summed E-state index contributed by atoms with van der Waals surface area (Å²) in [6, 6.07) is 21.4. The van der Waals surface area contributed by atoms with Gasteiger partial charge in [-0.1, -0.05) is 66.6 Å². The van der Waals surface area contributed by atoms with E-state index in [1.165, 1.54) is 0 Å². The third kappa shape index (κ3) is 4.88. The summed E-state index contributed by atoms with van der Waals surface area (Å²) in [7, 11) is 0. The molecule has 1 aliphatic carbocycles. The molecule has 1 aliphatic rings. The molecule has 33 heavy (non-hydrogen) atoms. The van der Waals surface area contributed by atoms with Crippen molar-refractivity contribution in [3.8, 4) is 11.8 Å². The molecule has 0 aliphatic heterocycles. The highest BCUT2D eigenvalue weighted by Gasteiger charge is 2.46. The minimum absolute atomic E-state index is 0.0660. The summed E-state index contributed by atoms with van der Waals surface area (Å²) in [5, 5.41) is 10.5. The molecule has 166 valence electrons. The van der Waals surface area contributed by atoms with Crippen molar-refractivity contribution in [2.45, 2.75) is 31.8 Å². The number of fused-ring (bicyclic) bond motifs is 1. The van der Waals surface area contributed by atoms with Crippen LogP contribution in [0.5, 0.6) is 0 Å². The fraction of sp³-hybridized carbons (Fsp3) is 0.222. The lowest BCUT2D eigenvalue weighted by Crippen LogP contribution is -2.40. The first kappa shape index (κ1) is 22.1. The third-order valence-corrected chi connectivity index (χ3v) is 5.83. The fourth-order valence-electron chi connectivity index (χ4n) is 3.96. The number of hydrogen-bond donors (Lipinski definition) is 3. The maximum Gasteiger partial charge on any atom is 0.310 e. The predicted molar refractivity (Wildman–Crippen MR) is 127 cm³/mol. The van der Waals surface area contributed by atoms with E-state index < -0.39 is 17.4 Å². The quantitative estimate of drug-likeness (QED) is 0.408. The maximum atomic E-state index is 13.3. The summed E-state index contributed by atoms with van der Waals surface area (Å²) in [5.41, 5.74) is 1.83. The first-order valence-electron chi connectivity index (χ1n) is 10.9. The van der Waals surface area contributed by atoms with E-state index in [4.69, 9.17) is 0 Å². The van der Waals surface area contributed by atoms with Crippen LogP contribution >= 0.6 is 0 Å². The molecule has 3 aromatic carbocycles. The van der Waals surface area contributed by atoms with Crippen molar-refractivity contribution in [1.82, 2.24) is 16.0 Å². The minimum atomic E-state index is -0.766. The van der Waals surface area contributed by atoms with Gasteiger partial charge >= 0.3 is 11.8 Å². The summed E-state index contributed by atoms with van der Waals surface area (Å²) in [5.74, 6) is 3.59. The van der Waals surface area contributed by atoms with Gasteiger partial charge in [-0.3, -0.25) is 14.4 Å². The van der Waals surface area contributed by atoms with Crippen LogP contribution in [0, 0.1) is 11.8 Å². The first-order valence-corrected chi connectivity index (χ1v) is 10.9. The van der Waals surface area contributed by atoms with Crippen LogP contribution in [0.15, 0.2) is 66.7 Å². The number of amides is 3. The number of carbonyl (C=O) groups excluding carboxylic acids is 3. The highest BCUT2D eigenvalue weighted by atomic mass is 16.2. The Morgan fingerprint density at radius 1 is 0.879 bits per heavy atom. The van der Waals surface area contributed by atoms with Crippen molar-refractivity contribution in [1.29, 1.82) is 0 Å². The monoisotopic (exact) mass is 439 g/mol. The molecule has 0 bridgehead atoms. The van der Waals surface area contributed by atoms with Gasteiger partial charge in [0.1, 0.15) is 0 Å². The SMILES string of the molecule is CC#CCNC(=O)C(=O)NCc1ccccc1C(=O)NC1(c2cccc3ccccc23)CC1. The molecule has 6 nitrogen and oxygen atoms in total. The van der Waals surface area contributed by atoms with Gasteiger partial charge in [-0.25, -0.2) is 0 Å². The molecule has 1 saturated carbocycles. The summed E-state index contributed by atoms with van der Waals surface area (Å²) < 4.78 is 0. The van der Waals surface area contributed by atoms with Crippen LogP contribution in [0.1, 0.15) is 41.3 Å². The second-order valence-electron chi connectivity index (χ2n) is 8.01. The Morgan fingerprint density at radius 3 is 2.36 bits per heavy atom. The van der Waals surface area contributed by atoms with Crippen LogP contribution < -0.4 is 16.0 Å². The molecule has 0 atom stereocenters. The Morgan fingerprint density at radius 2 is 1.58 bits per heavy atom. The molecule has 0 saturated heterocycles. The molecule has 0 aromatic heterocycles. The van der Waals surface area contributed by atoms with Gasteiger partial charge in [0.2, 0.25) is 0 Å². The van der Waals surface area contributed by atoms with Gasteiger partial charge in [0.05, 0.1) is 12.1 Å². The van der Waals surface area contributed by atoms with Crippen LogP contribution in [0.2, 0.25) is 0 Å². The molecule has 3 aromatic rings. The van der Waals surface area contributed by atoms with Gasteiger partial charge in [-0.2, -0.15) is 0 Å². The topological polar surface area (TPSA) is 87.3 Å². The normalized spacial score (nSPS) is 13.4. The van der Waals surface area contributed by atoms with E-state index in [1.54, 1.807) is 31.2 Å². The van der Waals surface area contributed by atoms with E-state index in [9.17, 15) is 14.4 Å². The molecular weight excluding hydrogens is 414 g/mol. The zero-order valence-electron chi connectivity index (χ0n) is 18.4. The Hall–Kier alpha value is -4.11. The van der Waals surface area contributed by atoms with Crippen LogP contribution in [0.25, 0.3) is 10.8 Å². The summed E-state index contributed by atoms with van der Waals surface area (Å²) >= 11 is 0. The predicted octanol–water partition coefficient (Wildman–Crippen LogP) is 3.01. The largest absolute Gasteiger partial charge is 0.344 e. The number of nitrogens with one attached hydrogen (secondary N) is 3. The molecule has 0 heterocycles. The van der Waals surface area contributed by atoms with Crippen LogP contribution in [-0.2, 0) is 21.7 Å². The van der Waals surface area contributed by atoms with Crippen LogP contribution in [0.3, 0.4) is 0 Å². The van der Waals surface area contributed by atoms with Gasteiger partial charge in [0.15, 0.2) is 0 Å². The average molecular weight is 440 g/mol. The lowest BCUT2D eigenvalue weighted by atomic mass is 9.96. The smallest absolute Gasteiger partial charge is 0.310 e. The number of hydrogen-bond acceptors (Lipinski definition) is 3. The summed E-state index contributed by atoms with van der Waals surface area (Å²) in [6.45, 7) is 1.83. The molecule has 0 radical (unpaired) electrons. The van der Waals surface area contributed by atoms with E-state index in [2.05, 4.69) is 52.1 Å². The third-order valence-electron chi connectivity index (χ3n) is 5.83. The van der Waals surface area contributed by atoms with Crippen molar-refractivity contribution >= 4 is 28.5 Å². The van der Waals surface area contributed by atoms with E-state index in [1.807, 2.05) is 18.2 Å². The Kier molecular flexibility index (Phi) is 6.41. The lowest BCUT2D eigenvalue weighted by molar-refractivity contribution is -0.139. The van der Waals surface area contributed by atoms with E-state index in [-0.39, 0.29) is 19.0 Å². The van der Waals surface area contributed by atoms with E-state index >= 15 is 0 Å². The van der Waals surface area contributed by atoms with Gasteiger partial charge in [-0.15, -0.1) is 5.92 Å². The Labute approximate surface area is 192 Å². The average Bonchev–Trinajstić information content (AvgIpc) is 3.62. The van der Waals surface area contributed by atoms with E-state index in [0.29, 0.717) is 11.1 Å². The van der Waals surface area contributed by atoms with Gasteiger partial charge < -0.3 is 16.0 Å². The number of rotatable bonds is 6. The van der Waals surface area contributed by atoms with Crippen molar-refractivity contribution < 1.29 is 14.4 Å². The second-order valence-corrected chi connectivity index (χ2v) is 8.01. The van der Waals surface area contributed by atoms with E-state index in [0.717, 1.165) is 29.2 Å². The molecule has 0 unspecified atom stereocenters. The zero-order valence-corrected chi connectivity index (χ0v) is 18.4. The molecule has 4 rings (SSSR count). The molecule has 3 N–H and O–H groups in total. The summed E-state index contributed by atoms with van der Waals surface area (Å²) in [6.07, 6.45) is 1.74. The van der Waals surface area contributed by atoms with Crippen LogP contribution in [-0.4, -0.2) is 24.3 Å².